The maximum Gasteiger partial charge on any atom is 0.334 e. The zero-order valence-corrected chi connectivity index (χ0v) is 32.5. The van der Waals surface area contributed by atoms with Crippen LogP contribution < -0.4 is 0 Å². The van der Waals surface area contributed by atoms with Crippen molar-refractivity contribution in [2.24, 2.45) is 17.3 Å². The molecule has 0 aromatic carbocycles. The van der Waals surface area contributed by atoms with Crippen LogP contribution in [0.1, 0.15) is 194 Å². The van der Waals surface area contributed by atoms with Crippen LogP contribution in [0.4, 0.5) is 0 Å². The lowest BCUT2D eigenvalue weighted by molar-refractivity contribution is -0.279. The Hall–Kier alpha value is 0.500. The zero-order chi connectivity index (χ0) is 35.7. The van der Waals surface area contributed by atoms with Crippen molar-refractivity contribution in [1.82, 2.24) is 0 Å². The minimum atomic E-state index is -2.61. The zero-order valence-electron chi connectivity index (χ0n) is 30.7. The minimum absolute atomic E-state index is 0.0438. The first-order valence-electron chi connectivity index (χ1n) is 19.8. The second kappa shape index (κ2) is 27.2. The van der Waals surface area contributed by atoms with Gasteiger partial charge in [0, 0.05) is 0 Å². The van der Waals surface area contributed by atoms with Gasteiger partial charge in [0.2, 0.25) is 0 Å². The quantitative estimate of drug-likeness (QED) is 0.0320. The van der Waals surface area contributed by atoms with E-state index in [2.05, 4.69) is 18.2 Å². The van der Waals surface area contributed by atoms with E-state index in [0.717, 1.165) is 77.0 Å². The average molecular weight is 727 g/mol. The summed E-state index contributed by atoms with van der Waals surface area (Å²) in [5.74, 6) is 0.0876. The molecule has 0 amide bonds. The molecule has 0 unspecified atom stereocenters. The number of hydrogen-bond acceptors (Lipinski definition) is 9. The molecule has 2 aliphatic rings. The van der Waals surface area contributed by atoms with Gasteiger partial charge in [-0.05, 0) is 50.4 Å². The highest BCUT2D eigenvalue weighted by Crippen LogP contribution is 2.57. The Balaban J connectivity index is 0.00000148. The van der Waals surface area contributed by atoms with Crippen LogP contribution in [0.2, 0.25) is 0 Å². The van der Waals surface area contributed by atoms with E-state index in [-0.39, 0.29) is 25.0 Å². The lowest BCUT2D eigenvalue weighted by atomic mass is 9.49. The highest BCUT2D eigenvalue weighted by Gasteiger charge is 2.66. The smallest absolute Gasteiger partial charge is 0.334 e. The first-order chi connectivity index (χ1) is 23.1. The molecule has 0 radical (unpaired) electrons. The van der Waals surface area contributed by atoms with E-state index in [4.69, 9.17) is 19.6 Å². The SMILES string of the molecule is CCCCCCCCCCC(O)(CCCCCCCCCC)C(CO)(CO)C(O)(C1CCCCC1)C1CCCCC1.OP(O)OP(O)O. The van der Waals surface area contributed by atoms with Gasteiger partial charge in [0.15, 0.2) is 0 Å². The summed E-state index contributed by atoms with van der Waals surface area (Å²) in [5.41, 5.74) is -3.77. The third kappa shape index (κ3) is 15.6. The molecular weight excluding hydrogens is 650 g/mol. The van der Waals surface area contributed by atoms with Gasteiger partial charge >= 0.3 is 17.2 Å². The second-order valence-electron chi connectivity index (χ2n) is 15.0. The summed E-state index contributed by atoms with van der Waals surface area (Å²) < 4.78 is 3.60. The predicted octanol–water partition coefficient (Wildman–Crippen LogP) is 9.07. The first kappa shape index (κ1) is 46.5. The second-order valence-corrected chi connectivity index (χ2v) is 16.6. The Kier molecular flexibility index (Phi) is 26.3. The van der Waals surface area contributed by atoms with Crippen molar-refractivity contribution in [1.29, 1.82) is 0 Å². The van der Waals surface area contributed by atoms with Crippen LogP contribution in [0.15, 0.2) is 0 Å². The Labute approximate surface area is 296 Å². The maximum absolute atomic E-state index is 13.1. The van der Waals surface area contributed by atoms with Gasteiger partial charge in [-0.15, -0.1) is 0 Å². The lowest BCUT2D eigenvalue weighted by Crippen LogP contribution is -2.71. The van der Waals surface area contributed by atoms with Crippen molar-refractivity contribution in [3.63, 3.8) is 0 Å². The molecule has 0 bridgehead atoms. The van der Waals surface area contributed by atoms with Gasteiger partial charge in [-0.3, -0.25) is 0 Å². The molecule has 0 aromatic heterocycles. The Morgan fingerprint density at radius 3 is 1.08 bits per heavy atom. The van der Waals surface area contributed by atoms with E-state index >= 15 is 0 Å². The Morgan fingerprint density at radius 1 is 0.500 bits per heavy atom. The van der Waals surface area contributed by atoms with Crippen molar-refractivity contribution >= 4 is 17.2 Å². The summed E-state index contributed by atoms with van der Waals surface area (Å²) in [5, 5.41) is 48.4. The minimum Gasteiger partial charge on any atom is -0.395 e. The van der Waals surface area contributed by atoms with E-state index in [1.54, 1.807) is 0 Å². The third-order valence-electron chi connectivity index (χ3n) is 11.7. The van der Waals surface area contributed by atoms with Crippen LogP contribution in [0.3, 0.4) is 0 Å². The Bertz CT molecular complexity index is 698. The maximum atomic E-state index is 13.1. The van der Waals surface area contributed by atoms with Crippen LogP contribution in [0, 0.1) is 17.3 Å². The summed E-state index contributed by atoms with van der Waals surface area (Å²) in [6, 6.07) is 0. The number of hydrogen-bond donors (Lipinski definition) is 8. The van der Waals surface area contributed by atoms with Crippen LogP contribution in [0.5, 0.6) is 0 Å². The highest BCUT2D eigenvalue weighted by molar-refractivity contribution is 7.53. The van der Waals surface area contributed by atoms with Crippen LogP contribution in [0.25, 0.3) is 0 Å². The number of aliphatic hydroxyl groups excluding tert-OH is 2. The van der Waals surface area contributed by atoms with Crippen molar-refractivity contribution in [3.8, 4) is 0 Å². The number of unbranched alkanes of at least 4 members (excludes halogenated alkanes) is 14. The third-order valence-corrected chi connectivity index (χ3v) is 12.9. The molecule has 0 aliphatic heterocycles. The summed E-state index contributed by atoms with van der Waals surface area (Å²) >= 11 is 0. The lowest BCUT2D eigenvalue weighted by Gasteiger charge is -2.61. The van der Waals surface area contributed by atoms with Crippen molar-refractivity contribution in [2.75, 3.05) is 13.2 Å². The topological polar surface area (TPSA) is 171 Å². The van der Waals surface area contributed by atoms with Gasteiger partial charge in [-0.25, -0.2) is 4.31 Å². The van der Waals surface area contributed by atoms with Gasteiger partial charge in [0.1, 0.15) is 0 Å². The van der Waals surface area contributed by atoms with E-state index < -0.39 is 33.8 Å². The summed E-state index contributed by atoms with van der Waals surface area (Å²) in [7, 11) is -5.22. The highest BCUT2D eigenvalue weighted by atomic mass is 31.2. The molecule has 0 saturated heterocycles. The molecule has 0 spiro atoms. The molecule has 2 rings (SSSR count). The summed E-state index contributed by atoms with van der Waals surface area (Å²) in [4.78, 5) is 31.3. The van der Waals surface area contributed by atoms with Crippen molar-refractivity contribution < 1.29 is 44.3 Å². The fourth-order valence-corrected chi connectivity index (χ4v) is 9.46. The molecule has 8 N–H and O–H groups in total. The van der Waals surface area contributed by atoms with Gasteiger partial charge < -0.3 is 40.0 Å². The average Bonchev–Trinajstić information content (AvgIpc) is 3.08. The van der Waals surface area contributed by atoms with Crippen molar-refractivity contribution in [3.05, 3.63) is 0 Å². The van der Waals surface area contributed by atoms with Crippen LogP contribution in [-0.4, -0.2) is 64.4 Å². The fourth-order valence-electron chi connectivity index (χ4n) is 8.94. The van der Waals surface area contributed by atoms with Crippen molar-refractivity contribution in [2.45, 2.75) is 205 Å². The number of rotatable bonds is 26. The molecule has 0 aromatic rings. The Morgan fingerprint density at radius 2 is 0.812 bits per heavy atom. The number of aliphatic hydroxyl groups is 4. The molecule has 11 heteroatoms. The first-order valence-corrected chi connectivity index (χ1v) is 22.1. The molecule has 0 heterocycles. The fraction of sp³-hybridized carbons (Fsp3) is 1.00. The summed E-state index contributed by atoms with van der Waals surface area (Å²) in [6.45, 7) is 3.84. The van der Waals surface area contributed by atoms with E-state index in [0.29, 0.717) is 12.8 Å². The summed E-state index contributed by atoms with van der Waals surface area (Å²) in [6.07, 6.45) is 30.9. The van der Waals surface area contributed by atoms with E-state index in [1.807, 2.05) is 0 Å². The van der Waals surface area contributed by atoms with Gasteiger partial charge in [0.05, 0.1) is 29.8 Å². The molecular formula is C37H76O9P2. The molecule has 2 saturated carbocycles. The van der Waals surface area contributed by atoms with E-state index in [9.17, 15) is 20.4 Å². The molecule has 2 aliphatic carbocycles. The van der Waals surface area contributed by atoms with E-state index in [1.165, 1.54) is 89.9 Å². The largest absolute Gasteiger partial charge is 0.395 e. The standard InChI is InChI=1S/C37H72O4.H4O5P2/c1-3-5-7-9-11-13-15-23-29-36(40,30-24-16-14-12-10-8-6-4-2)35(31-38,32-39)37(41,33-25-19-17-20-26-33)34-27-21-18-22-28-34;1-6(2)5-7(3)4/h33-34,38-41H,3-32H2,1-2H3;1-4H. The monoisotopic (exact) mass is 726 g/mol. The molecule has 9 nitrogen and oxygen atoms in total. The van der Waals surface area contributed by atoms with Crippen LogP contribution >= 0.6 is 17.2 Å². The molecule has 2 fully saturated rings. The molecule has 0 atom stereocenters. The van der Waals surface area contributed by atoms with Gasteiger partial charge in [-0.1, -0.05) is 155 Å². The van der Waals surface area contributed by atoms with Gasteiger partial charge in [-0.2, -0.15) is 0 Å². The molecule has 48 heavy (non-hydrogen) atoms. The predicted molar refractivity (Wildman–Crippen MR) is 198 cm³/mol. The normalized spacial score (nSPS) is 17.2. The van der Waals surface area contributed by atoms with Crippen LogP contribution in [-0.2, 0) is 4.31 Å². The molecule has 288 valence electrons. The van der Waals surface area contributed by atoms with Gasteiger partial charge in [0.25, 0.3) is 0 Å².